The molecule has 3 rings (SSSR count). The molecule has 1 heterocycles. The Morgan fingerprint density at radius 2 is 1.75 bits per heavy atom. The minimum atomic E-state index is 0.247. The van der Waals surface area contributed by atoms with Gasteiger partial charge in [-0.15, -0.1) is 0 Å². The third-order valence-electron chi connectivity index (χ3n) is 5.74. The number of rotatable bonds is 3. The van der Waals surface area contributed by atoms with E-state index in [1.165, 1.54) is 52.2 Å². The van der Waals surface area contributed by atoms with Crippen LogP contribution in [-0.2, 0) is 17.6 Å². The molecule has 1 aliphatic carbocycles. The maximum absolute atomic E-state index is 13.2. The summed E-state index contributed by atoms with van der Waals surface area (Å²) in [6.45, 7) is 8.80. The Bertz CT molecular complexity index is 652. The van der Waals surface area contributed by atoms with Crippen molar-refractivity contribution >= 4 is 23.1 Å². The van der Waals surface area contributed by atoms with Gasteiger partial charge in [0.2, 0.25) is 0 Å². The molecule has 1 saturated heterocycles. The number of benzene rings is 1. The van der Waals surface area contributed by atoms with Gasteiger partial charge >= 0.3 is 0 Å². The van der Waals surface area contributed by atoms with Crippen molar-refractivity contribution in [2.75, 3.05) is 11.5 Å². The predicted octanol–water partition coefficient (Wildman–Crippen LogP) is 5.77. The first-order chi connectivity index (χ1) is 11.5. The van der Waals surface area contributed by atoms with Crippen LogP contribution in [0.2, 0.25) is 0 Å². The van der Waals surface area contributed by atoms with E-state index in [0.717, 1.165) is 31.3 Å². The second-order valence-electron chi connectivity index (χ2n) is 7.75. The van der Waals surface area contributed by atoms with Gasteiger partial charge in [-0.3, -0.25) is 4.79 Å². The van der Waals surface area contributed by atoms with Crippen LogP contribution in [0.15, 0.2) is 17.7 Å². The van der Waals surface area contributed by atoms with Gasteiger partial charge in [-0.25, -0.2) is 0 Å². The van der Waals surface area contributed by atoms with Crippen molar-refractivity contribution in [1.82, 2.24) is 0 Å². The summed E-state index contributed by atoms with van der Waals surface area (Å²) in [6.07, 6.45) is 6.36. The Hall–Kier alpha value is -1.02. The maximum Gasteiger partial charge on any atom is 0.164 e. The second kappa shape index (κ2) is 7.07. The van der Waals surface area contributed by atoms with Gasteiger partial charge in [0.15, 0.2) is 5.78 Å². The topological polar surface area (TPSA) is 17.1 Å². The molecule has 1 atom stereocenters. The Labute approximate surface area is 151 Å². The fourth-order valence-corrected chi connectivity index (χ4v) is 6.02. The number of hydrogen-bond donors (Lipinski definition) is 0. The molecule has 0 aromatic heterocycles. The fraction of sp³-hybridized carbons (Fsp3) is 0.591. The highest BCUT2D eigenvalue weighted by Gasteiger charge is 2.40. The molecule has 1 aromatic carbocycles. The Balaban J connectivity index is 2.09. The molecule has 1 fully saturated rings. The first-order valence-corrected chi connectivity index (χ1v) is 10.6. The quantitative estimate of drug-likeness (QED) is 0.693. The summed E-state index contributed by atoms with van der Waals surface area (Å²) in [5, 5.41) is 0. The molecular weight excluding hydrogens is 312 g/mol. The molecule has 130 valence electrons. The van der Waals surface area contributed by atoms with E-state index in [1.54, 1.807) is 0 Å². The van der Waals surface area contributed by atoms with Crippen LogP contribution in [0.5, 0.6) is 0 Å². The van der Waals surface area contributed by atoms with Gasteiger partial charge in [-0.1, -0.05) is 37.1 Å². The number of ketones is 1. The lowest BCUT2D eigenvalue weighted by atomic mass is 9.68. The zero-order valence-electron chi connectivity index (χ0n) is 15.6. The van der Waals surface area contributed by atoms with Crippen molar-refractivity contribution in [3.63, 3.8) is 0 Å². The molecule has 1 aliphatic heterocycles. The first-order valence-electron chi connectivity index (χ1n) is 9.43. The molecular formula is C22H30OS. The Morgan fingerprint density at radius 3 is 2.25 bits per heavy atom. The summed E-state index contributed by atoms with van der Waals surface area (Å²) in [6, 6.07) is 4.56. The van der Waals surface area contributed by atoms with E-state index >= 15 is 0 Å². The highest BCUT2D eigenvalue weighted by Crippen LogP contribution is 2.48. The number of thioether (sulfide) groups is 1. The summed E-state index contributed by atoms with van der Waals surface area (Å²) in [5.74, 6) is 2.83. The molecule has 2 heteroatoms. The molecule has 0 amide bonds. The van der Waals surface area contributed by atoms with E-state index in [0.29, 0.717) is 5.78 Å². The minimum absolute atomic E-state index is 0.247. The van der Waals surface area contributed by atoms with Crippen molar-refractivity contribution in [2.24, 2.45) is 5.41 Å². The number of hydrogen-bond acceptors (Lipinski definition) is 2. The number of carbonyl (C=O) groups is 1. The summed E-state index contributed by atoms with van der Waals surface area (Å²) >= 11 is 2.04. The zero-order chi connectivity index (χ0) is 17.3. The highest BCUT2D eigenvalue weighted by molar-refractivity contribution is 7.99. The lowest BCUT2D eigenvalue weighted by Gasteiger charge is -2.41. The van der Waals surface area contributed by atoms with Crippen LogP contribution >= 0.6 is 11.8 Å². The molecule has 24 heavy (non-hydrogen) atoms. The maximum atomic E-state index is 13.2. The Kier molecular flexibility index (Phi) is 5.24. The lowest BCUT2D eigenvalue weighted by Crippen LogP contribution is -2.35. The average Bonchev–Trinajstić information content (AvgIpc) is 2.55. The van der Waals surface area contributed by atoms with Gasteiger partial charge in [0.1, 0.15) is 0 Å². The van der Waals surface area contributed by atoms with E-state index < -0.39 is 0 Å². The van der Waals surface area contributed by atoms with Crippen LogP contribution in [0.25, 0.3) is 5.57 Å². The third kappa shape index (κ3) is 3.22. The number of aryl methyl sites for hydroxylation is 3. The highest BCUT2D eigenvalue weighted by atomic mass is 32.2. The van der Waals surface area contributed by atoms with E-state index in [2.05, 4.69) is 39.8 Å². The normalized spacial score (nSPS) is 24.8. The summed E-state index contributed by atoms with van der Waals surface area (Å²) < 4.78 is 0. The average molecular weight is 343 g/mol. The summed E-state index contributed by atoms with van der Waals surface area (Å²) in [7, 11) is 0. The largest absolute Gasteiger partial charge is 0.294 e. The van der Waals surface area contributed by atoms with Crippen molar-refractivity contribution < 1.29 is 4.79 Å². The molecule has 1 nitrogen and oxygen atoms in total. The molecule has 2 aliphatic rings. The van der Waals surface area contributed by atoms with E-state index in [1.807, 2.05) is 11.8 Å². The lowest BCUT2D eigenvalue weighted by molar-refractivity contribution is -0.116. The molecule has 1 spiro atoms. The molecule has 0 bridgehead atoms. The van der Waals surface area contributed by atoms with Crippen LogP contribution in [0, 0.1) is 12.3 Å². The first kappa shape index (κ1) is 17.8. The number of Topliss-reactive ketones (excluding diaryl/α,β-unsaturated/α-hetero) is 1. The molecule has 0 radical (unpaired) electrons. The van der Waals surface area contributed by atoms with Gasteiger partial charge in [0.05, 0.1) is 0 Å². The fourth-order valence-electron chi connectivity index (χ4n) is 4.74. The van der Waals surface area contributed by atoms with Crippen LogP contribution in [0.1, 0.15) is 68.7 Å². The Morgan fingerprint density at radius 1 is 1.08 bits per heavy atom. The van der Waals surface area contributed by atoms with E-state index in [9.17, 15) is 4.79 Å². The van der Waals surface area contributed by atoms with Crippen LogP contribution in [-0.4, -0.2) is 17.3 Å². The summed E-state index contributed by atoms with van der Waals surface area (Å²) in [5.41, 5.74) is 7.93. The predicted molar refractivity (Wildman–Crippen MR) is 106 cm³/mol. The smallest absolute Gasteiger partial charge is 0.164 e. The van der Waals surface area contributed by atoms with Gasteiger partial charge in [0, 0.05) is 12.0 Å². The summed E-state index contributed by atoms with van der Waals surface area (Å²) in [4.78, 5) is 13.2. The zero-order valence-corrected chi connectivity index (χ0v) is 16.4. The van der Waals surface area contributed by atoms with Gasteiger partial charge in [0.25, 0.3) is 0 Å². The second-order valence-corrected chi connectivity index (χ2v) is 8.86. The van der Waals surface area contributed by atoms with Gasteiger partial charge in [-0.05, 0) is 79.6 Å². The van der Waals surface area contributed by atoms with E-state index in [4.69, 9.17) is 0 Å². The van der Waals surface area contributed by atoms with Crippen LogP contribution in [0.4, 0.5) is 0 Å². The SMILES string of the molecule is CCc1cc(C)cc(CC)c1C1=C(C)CC2(CCCSC2)CC1=O. The van der Waals surface area contributed by atoms with Crippen molar-refractivity contribution in [3.8, 4) is 0 Å². The van der Waals surface area contributed by atoms with Crippen molar-refractivity contribution in [2.45, 2.75) is 66.2 Å². The van der Waals surface area contributed by atoms with Gasteiger partial charge < -0.3 is 0 Å². The minimum Gasteiger partial charge on any atom is -0.294 e. The molecule has 0 saturated carbocycles. The molecule has 1 aromatic rings. The molecule has 1 unspecified atom stereocenters. The van der Waals surface area contributed by atoms with Crippen molar-refractivity contribution in [3.05, 3.63) is 40.0 Å². The van der Waals surface area contributed by atoms with E-state index in [-0.39, 0.29) is 5.41 Å². The number of allylic oxidation sites excluding steroid dienone is 2. The molecule has 0 N–H and O–H groups in total. The monoisotopic (exact) mass is 342 g/mol. The standard InChI is InChI=1S/C22H30OS/c1-5-17-10-15(3)11-18(6-2)21(17)20-16(4)12-22(13-19(20)23)8-7-9-24-14-22/h10-11H,5-9,12-14H2,1-4H3. The third-order valence-corrected chi connectivity index (χ3v) is 7.14. The van der Waals surface area contributed by atoms with Gasteiger partial charge in [-0.2, -0.15) is 11.8 Å². The van der Waals surface area contributed by atoms with Crippen LogP contribution in [0.3, 0.4) is 0 Å². The number of carbonyl (C=O) groups excluding carboxylic acids is 1. The van der Waals surface area contributed by atoms with Crippen molar-refractivity contribution in [1.29, 1.82) is 0 Å². The van der Waals surface area contributed by atoms with Crippen LogP contribution < -0.4 is 0 Å².